The zero-order valence-electron chi connectivity index (χ0n) is 35.0. The van der Waals surface area contributed by atoms with Crippen molar-refractivity contribution in [3.63, 3.8) is 0 Å². The highest BCUT2D eigenvalue weighted by molar-refractivity contribution is 5.81. The molecule has 58 heavy (non-hydrogen) atoms. The molecule has 2 amide bonds. The van der Waals surface area contributed by atoms with Crippen LogP contribution in [0.15, 0.2) is 0 Å². The van der Waals surface area contributed by atoms with E-state index in [-0.39, 0.29) is 73.0 Å². The van der Waals surface area contributed by atoms with Gasteiger partial charge in [0.1, 0.15) is 0 Å². The van der Waals surface area contributed by atoms with Crippen molar-refractivity contribution in [2.75, 3.05) is 13.1 Å². The fraction of sp³-hybridized carbons (Fsp3) is 0.905. The molecular weight excluding hydrogens is 756 g/mol. The van der Waals surface area contributed by atoms with Crippen LogP contribution in [0.1, 0.15) is 131 Å². The molecule has 8 saturated heterocycles. The van der Waals surface area contributed by atoms with Crippen LogP contribution in [0.3, 0.4) is 0 Å². The normalized spacial score (nSPS) is 46.1. The fourth-order valence-electron chi connectivity index (χ4n) is 11.7. The Bertz CT molecular complexity index is 1450. The summed E-state index contributed by atoms with van der Waals surface area (Å²) in [4.78, 5) is 74.9. The third-order valence-corrected chi connectivity index (χ3v) is 15.0. The summed E-state index contributed by atoms with van der Waals surface area (Å²) in [5.74, 6) is -2.34. The lowest BCUT2D eigenvalue weighted by atomic mass is 9.58. The second-order valence-electron chi connectivity index (χ2n) is 18.9. The van der Waals surface area contributed by atoms with Crippen molar-refractivity contribution >= 4 is 23.8 Å². The lowest BCUT2D eigenvalue weighted by molar-refractivity contribution is -0.576. The highest BCUT2D eigenvalue weighted by atomic mass is 17.3. The molecule has 2 N–H and O–H groups in total. The SMILES string of the molecule is C[C@@H]1CCC2[C@@H](C)[C@@H](OC(=O)CCC(=O)NCCCCNC(=O)CCC(=O)O[C@H]3OC4O[C@@]5(C)CCC6[C@H](C)CCC([C@H]3C)[C@@]46OO5)OC3O[C@@]4(C)CCC1[C@]32OO4. The third-order valence-electron chi connectivity index (χ3n) is 15.0. The molecule has 4 bridgehead atoms. The average molecular weight is 821 g/mol. The van der Waals surface area contributed by atoms with E-state index < -0.39 is 59.9 Å². The van der Waals surface area contributed by atoms with Gasteiger partial charge >= 0.3 is 11.9 Å². The molecule has 16 atom stereocenters. The molecule has 0 radical (unpaired) electrons. The van der Waals surface area contributed by atoms with E-state index in [2.05, 4.69) is 24.5 Å². The lowest BCUT2D eigenvalue weighted by Gasteiger charge is -2.59. The van der Waals surface area contributed by atoms with Gasteiger partial charge in [-0.25, -0.2) is 19.6 Å². The minimum atomic E-state index is -0.920. The van der Waals surface area contributed by atoms with Crippen LogP contribution in [-0.4, -0.2) is 84.8 Å². The first kappa shape index (κ1) is 42.3. The molecular formula is C42H64N2O14. The van der Waals surface area contributed by atoms with Crippen LogP contribution in [0.2, 0.25) is 0 Å². The van der Waals surface area contributed by atoms with Crippen LogP contribution in [0.4, 0.5) is 0 Å². The number of esters is 2. The molecule has 326 valence electrons. The standard InChI is InChI=1S/C42H64N2O14/c1-23-9-11-29-25(3)35(51-37-41(29)27(23)17-19-39(5,53-37)55-57-41)49-33(47)15-13-31(45)43-21-7-8-22-44-32(46)14-16-34(48)50-36-26(4)30-12-10-24(2)28-18-20-40(6)54-38(52-36)42(28,30)58-56-40/h23-30,35-38H,7-22H2,1-6H3,(H,43,45)(H,44,46)/t23-,24-,25-,26-,27?,28?,29?,30?,35+,36+,37?,38?,39-,40-,41-,42-/m1/s1. The smallest absolute Gasteiger partial charge is 0.308 e. The van der Waals surface area contributed by atoms with Crippen molar-refractivity contribution in [1.29, 1.82) is 0 Å². The Morgan fingerprint density at radius 2 is 0.966 bits per heavy atom. The van der Waals surface area contributed by atoms with E-state index in [1.165, 1.54) is 0 Å². The summed E-state index contributed by atoms with van der Waals surface area (Å²) in [6, 6.07) is 0. The second kappa shape index (κ2) is 16.4. The van der Waals surface area contributed by atoms with E-state index in [4.69, 9.17) is 48.0 Å². The van der Waals surface area contributed by atoms with E-state index in [1.807, 2.05) is 27.7 Å². The molecule has 10 aliphatic rings. The van der Waals surface area contributed by atoms with Crippen LogP contribution >= 0.6 is 0 Å². The Morgan fingerprint density at radius 3 is 1.38 bits per heavy atom. The van der Waals surface area contributed by atoms with E-state index in [1.54, 1.807) is 0 Å². The summed E-state index contributed by atoms with van der Waals surface area (Å²) in [6.45, 7) is 13.0. The predicted molar refractivity (Wildman–Crippen MR) is 200 cm³/mol. The molecule has 0 aromatic carbocycles. The molecule has 2 spiro atoms. The Balaban J connectivity index is 0.700. The Morgan fingerprint density at radius 1 is 0.552 bits per heavy atom. The molecule has 10 rings (SSSR count). The van der Waals surface area contributed by atoms with Crippen molar-refractivity contribution in [2.45, 2.75) is 179 Å². The summed E-state index contributed by atoms with van der Waals surface area (Å²) in [5.41, 5.74) is -1.48. The summed E-state index contributed by atoms with van der Waals surface area (Å²) < 4.78 is 36.9. The number of fused-ring (bicyclic) bond motifs is 4. The minimum absolute atomic E-state index is 0.0180. The molecule has 0 aromatic rings. The number of amides is 2. The van der Waals surface area contributed by atoms with E-state index >= 15 is 0 Å². The van der Waals surface area contributed by atoms with Gasteiger partial charge in [0.05, 0.1) is 12.8 Å². The zero-order valence-corrected chi connectivity index (χ0v) is 35.0. The quantitative estimate of drug-likeness (QED) is 0.143. The Hall–Kier alpha value is -2.44. The molecule has 2 aliphatic carbocycles. The molecule has 8 aliphatic heterocycles. The van der Waals surface area contributed by atoms with Crippen molar-refractivity contribution in [2.24, 2.45) is 47.3 Å². The lowest BCUT2D eigenvalue weighted by Crippen LogP contribution is -2.70. The van der Waals surface area contributed by atoms with Crippen molar-refractivity contribution in [3.05, 3.63) is 0 Å². The Kier molecular flexibility index (Phi) is 12.0. The molecule has 10 fully saturated rings. The van der Waals surface area contributed by atoms with Gasteiger partial charge in [-0.15, -0.1) is 0 Å². The summed E-state index contributed by atoms with van der Waals surface area (Å²) >= 11 is 0. The number of ether oxygens (including phenoxy) is 6. The first-order chi connectivity index (χ1) is 27.7. The van der Waals surface area contributed by atoms with Gasteiger partial charge in [-0.2, -0.15) is 0 Å². The third kappa shape index (κ3) is 7.71. The monoisotopic (exact) mass is 820 g/mol. The molecule has 2 saturated carbocycles. The second-order valence-corrected chi connectivity index (χ2v) is 18.9. The van der Waals surface area contributed by atoms with E-state index in [9.17, 15) is 19.2 Å². The Labute approximate surface area is 340 Å². The van der Waals surface area contributed by atoms with Gasteiger partial charge < -0.3 is 39.1 Å². The van der Waals surface area contributed by atoms with Gasteiger partial charge in [-0.05, 0) is 88.9 Å². The number of rotatable bonds is 13. The van der Waals surface area contributed by atoms with Crippen molar-refractivity contribution in [1.82, 2.24) is 10.6 Å². The average Bonchev–Trinajstić information content (AvgIpc) is 3.56. The van der Waals surface area contributed by atoms with Crippen LogP contribution < -0.4 is 10.6 Å². The van der Waals surface area contributed by atoms with Crippen LogP contribution in [0.25, 0.3) is 0 Å². The molecule has 0 aromatic heterocycles. The van der Waals surface area contributed by atoms with E-state index in [0.29, 0.717) is 50.6 Å². The summed E-state index contributed by atoms with van der Waals surface area (Å²) in [7, 11) is 0. The van der Waals surface area contributed by atoms with Gasteiger partial charge in [0.15, 0.2) is 23.8 Å². The van der Waals surface area contributed by atoms with Crippen LogP contribution in [0.5, 0.6) is 0 Å². The van der Waals surface area contributed by atoms with Gasteiger partial charge in [0, 0.05) is 62.4 Å². The molecule has 8 heterocycles. The van der Waals surface area contributed by atoms with Gasteiger partial charge in [-0.1, -0.05) is 27.7 Å². The van der Waals surface area contributed by atoms with E-state index in [0.717, 1.165) is 38.5 Å². The maximum Gasteiger partial charge on any atom is 0.308 e. The number of hydrogen-bond donors (Lipinski definition) is 2. The number of unbranched alkanes of at least 4 members (excludes halogenated alkanes) is 1. The minimum Gasteiger partial charge on any atom is -0.435 e. The topological polar surface area (TPSA) is 185 Å². The van der Waals surface area contributed by atoms with Crippen LogP contribution in [-0.2, 0) is 67.1 Å². The van der Waals surface area contributed by atoms with Gasteiger partial charge in [0.25, 0.3) is 0 Å². The maximum atomic E-state index is 12.9. The van der Waals surface area contributed by atoms with Crippen LogP contribution in [0, 0.1) is 47.3 Å². The molecule has 16 heteroatoms. The number of carbonyl (C=O) groups excluding carboxylic acids is 4. The fourth-order valence-corrected chi connectivity index (χ4v) is 11.7. The molecule has 6 unspecified atom stereocenters. The van der Waals surface area contributed by atoms with Gasteiger partial charge in [0.2, 0.25) is 36.0 Å². The highest BCUT2D eigenvalue weighted by Gasteiger charge is 2.71. The summed E-state index contributed by atoms with van der Waals surface area (Å²) in [6.07, 6.45) is 5.05. The largest absolute Gasteiger partial charge is 0.435 e. The first-order valence-corrected chi connectivity index (χ1v) is 22.0. The predicted octanol–water partition coefficient (Wildman–Crippen LogP) is 5.06. The number of carbonyl (C=O) groups is 4. The number of nitrogens with one attached hydrogen (secondary N) is 2. The zero-order chi connectivity index (χ0) is 41.0. The molecule has 16 nitrogen and oxygen atoms in total. The van der Waals surface area contributed by atoms with Crippen molar-refractivity contribution in [3.8, 4) is 0 Å². The highest BCUT2D eigenvalue weighted by Crippen LogP contribution is 2.62. The maximum absolute atomic E-state index is 12.9. The summed E-state index contributed by atoms with van der Waals surface area (Å²) in [5, 5.41) is 5.66. The van der Waals surface area contributed by atoms with Crippen molar-refractivity contribution < 1.29 is 67.1 Å². The number of hydrogen-bond acceptors (Lipinski definition) is 14. The van der Waals surface area contributed by atoms with Gasteiger partial charge in [-0.3, -0.25) is 19.2 Å². The first-order valence-electron chi connectivity index (χ1n) is 22.0.